The Hall–Kier alpha value is -0.583. The van der Waals surface area contributed by atoms with Gasteiger partial charge in [0.05, 0.1) is 0 Å². The molecule has 16 heavy (non-hydrogen) atoms. The third-order valence-electron chi connectivity index (χ3n) is 2.45. The maximum Gasteiger partial charge on any atom is 0.217 e. The molecule has 0 aliphatic rings. The normalized spacial score (nSPS) is 12.1. The molecule has 0 spiro atoms. The zero-order valence-corrected chi connectivity index (χ0v) is 11.8. The summed E-state index contributed by atoms with van der Waals surface area (Å²) in [6.45, 7) is 8.90. The average molecular weight is 259 g/mol. The van der Waals surface area contributed by atoms with Gasteiger partial charge in [-0.2, -0.15) is 4.73 Å². The zero-order chi connectivity index (χ0) is 12.3. The maximum absolute atomic E-state index is 11.5. The fraction of sp³-hybridized carbons (Fsp3) is 0.545. The van der Waals surface area contributed by atoms with Crippen molar-refractivity contribution in [3.8, 4) is 0 Å². The second-order valence-corrected chi connectivity index (χ2v) is 8.10. The first kappa shape index (κ1) is 13.5. The average Bonchev–Trinajstić information content (AvgIpc) is 2.14. The highest BCUT2D eigenvalue weighted by molar-refractivity contribution is 6.53. The molecular formula is C11H17ClNO2Si. The Kier molecular flexibility index (Phi) is 4.35. The van der Waals surface area contributed by atoms with E-state index in [4.69, 9.17) is 16.0 Å². The molecule has 0 bridgehead atoms. The molecule has 1 rings (SSSR count). The van der Waals surface area contributed by atoms with Gasteiger partial charge in [0.2, 0.25) is 14.7 Å². The lowest BCUT2D eigenvalue weighted by Crippen LogP contribution is -2.34. The number of hydrogen-bond acceptors (Lipinski definition) is 2. The van der Waals surface area contributed by atoms with E-state index in [-0.39, 0.29) is 5.04 Å². The van der Waals surface area contributed by atoms with E-state index in [0.29, 0.717) is 17.3 Å². The van der Waals surface area contributed by atoms with Gasteiger partial charge in [0.1, 0.15) is 11.6 Å². The van der Waals surface area contributed by atoms with Crippen LogP contribution in [0.25, 0.3) is 0 Å². The minimum Gasteiger partial charge on any atom is -0.618 e. The molecule has 0 N–H and O–H groups in total. The number of rotatable bonds is 3. The van der Waals surface area contributed by atoms with Crippen LogP contribution in [0.3, 0.4) is 0 Å². The molecular weight excluding hydrogens is 242 g/mol. The standard InChI is InChI=1S/C11H17ClNO2Si/c1-11(2,3)16(4)15-8-10-6-5-9(12)7-13(10)14/h5-7H,8H2,1-4H3. The van der Waals surface area contributed by atoms with E-state index < -0.39 is 9.04 Å². The number of halogens is 1. The van der Waals surface area contributed by atoms with Crippen LogP contribution in [0.15, 0.2) is 18.3 Å². The lowest BCUT2D eigenvalue weighted by atomic mass is 10.3. The first-order valence-electron chi connectivity index (χ1n) is 5.15. The van der Waals surface area contributed by atoms with E-state index in [2.05, 4.69) is 27.3 Å². The molecule has 1 radical (unpaired) electrons. The molecule has 1 aromatic rings. The van der Waals surface area contributed by atoms with Crippen LogP contribution in [0.1, 0.15) is 26.5 Å². The summed E-state index contributed by atoms with van der Waals surface area (Å²) in [7, 11) is -0.914. The Morgan fingerprint density at radius 2 is 2.06 bits per heavy atom. The van der Waals surface area contributed by atoms with Gasteiger partial charge in [0.25, 0.3) is 0 Å². The topological polar surface area (TPSA) is 36.2 Å². The monoisotopic (exact) mass is 258 g/mol. The van der Waals surface area contributed by atoms with Crippen molar-refractivity contribution in [3.63, 3.8) is 0 Å². The third-order valence-corrected chi connectivity index (χ3v) is 5.36. The van der Waals surface area contributed by atoms with Gasteiger partial charge < -0.3 is 9.63 Å². The molecule has 0 unspecified atom stereocenters. The van der Waals surface area contributed by atoms with Crippen LogP contribution in [0.4, 0.5) is 0 Å². The van der Waals surface area contributed by atoms with E-state index in [1.54, 1.807) is 12.1 Å². The fourth-order valence-corrected chi connectivity index (χ4v) is 1.95. The van der Waals surface area contributed by atoms with Gasteiger partial charge in [-0.05, 0) is 17.7 Å². The highest BCUT2D eigenvalue weighted by atomic mass is 35.5. The molecule has 0 aliphatic heterocycles. The summed E-state index contributed by atoms with van der Waals surface area (Å²) in [6, 6.07) is 3.40. The molecule has 0 saturated heterocycles. The van der Waals surface area contributed by atoms with E-state index in [0.717, 1.165) is 4.73 Å². The van der Waals surface area contributed by atoms with Crippen LogP contribution < -0.4 is 4.73 Å². The number of nitrogens with zero attached hydrogens (tertiary/aromatic N) is 1. The van der Waals surface area contributed by atoms with Crippen LogP contribution in [-0.2, 0) is 11.0 Å². The van der Waals surface area contributed by atoms with Gasteiger partial charge >= 0.3 is 0 Å². The summed E-state index contributed by atoms with van der Waals surface area (Å²) in [5.74, 6) is 0. The summed E-state index contributed by atoms with van der Waals surface area (Å²) >= 11 is 5.70. The molecule has 0 amide bonds. The predicted octanol–water partition coefficient (Wildman–Crippen LogP) is 2.91. The van der Waals surface area contributed by atoms with Gasteiger partial charge in [-0.3, -0.25) is 0 Å². The quantitative estimate of drug-likeness (QED) is 0.475. The SMILES string of the molecule is C[Si](OCc1ccc(Cl)c[n+]1[O-])C(C)(C)C. The summed E-state index contributed by atoms with van der Waals surface area (Å²) in [5.41, 5.74) is 0.595. The summed E-state index contributed by atoms with van der Waals surface area (Å²) in [6.07, 6.45) is 1.35. The molecule has 1 aromatic heterocycles. The van der Waals surface area contributed by atoms with Crippen molar-refractivity contribution in [2.75, 3.05) is 0 Å². The number of hydrogen-bond donors (Lipinski definition) is 0. The Morgan fingerprint density at radius 1 is 1.44 bits per heavy atom. The first-order valence-corrected chi connectivity index (χ1v) is 7.44. The fourth-order valence-electron chi connectivity index (χ4n) is 0.998. The molecule has 0 atom stereocenters. The van der Waals surface area contributed by atoms with Gasteiger partial charge in [-0.25, -0.2) is 0 Å². The van der Waals surface area contributed by atoms with E-state index in [1.807, 2.05) is 0 Å². The van der Waals surface area contributed by atoms with E-state index >= 15 is 0 Å². The lowest BCUT2D eigenvalue weighted by molar-refractivity contribution is -0.615. The van der Waals surface area contributed by atoms with Crippen molar-refractivity contribution in [2.45, 2.75) is 39.0 Å². The highest BCUT2D eigenvalue weighted by Gasteiger charge is 2.24. The highest BCUT2D eigenvalue weighted by Crippen LogP contribution is 2.27. The summed E-state index contributed by atoms with van der Waals surface area (Å²) in [4.78, 5) is 0. The smallest absolute Gasteiger partial charge is 0.217 e. The van der Waals surface area contributed by atoms with Crippen LogP contribution in [0, 0.1) is 5.21 Å². The molecule has 3 nitrogen and oxygen atoms in total. The van der Waals surface area contributed by atoms with Crippen molar-refractivity contribution in [3.05, 3.63) is 34.3 Å². The van der Waals surface area contributed by atoms with Gasteiger partial charge in [0, 0.05) is 6.07 Å². The Bertz CT molecular complexity index is 365. The maximum atomic E-state index is 11.5. The second kappa shape index (κ2) is 5.16. The summed E-state index contributed by atoms with van der Waals surface area (Å²) in [5, 5.41) is 12.1. The van der Waals surface area contributed by atoms with Crippen LogP contribution >= 0.6 is 11.6 Å². The van der Waals surface area contributed by atoms with Crippen molar-refractivity contribution in [2.24, 2.45) is 0 Å². The van der Waals surface area contributed by atoms with Crippen LogP contribution in [0.2, 0.25) is 16.6 Å². The molecule has 0 saturated carbocycles. The largest absolute Gasteiger partial charge is 0.618 e. The molecule has 0 aliphatic carbocycles. The van der Waals surface area contributed by atoms with Crippen molar-refractivity contribution in [1.82, 2.24) is 0 Å². The third kappa shape index (κ3) is 3.77. The Labute approximate surface area is 103 Å². The van der Waals surface area contributed by atoms with Gasteiger partial charge in [-0.1, -0.05) is 32.4 Å². The molecule has 1 heterocycles. The Morgan fingerprint density at radius 3 is 2.56 bits per heavy atom. The van der Waals surface area contributed by atoms with Crippen LogP contribution in [-0.4, -0.2) is 9.04 Å². The second-order valence-electron chi connectivity index (χ2n) is 4.76. The number of aromatic nitrogens is 1. The van der Waals surface area contributed by atoms with Gasteiger partial charge in [0.15, 0.2) is 6.20 Å². The van der Waals surface area contributed by atoms with E-state index in [9.17, 15) is 5.21 Å². The molecule has 89 valence electrons. The minimum atomic E-state index is -0.914. The van der Waals surface area contributed by atoms with Crippen molar-refractivity contribution < 1.29 is 9.16 Å². The van der Waals surface area contributed by atoms with Crippen molar-refractivity contribution in [1.29, 1.82) is 0 Å². The Balaban J connectivity index is 2.62. The van der Waals surface area contributed by atoms with Gasteiger partial charge in [-0.15, -0.1) is 0 Å². The van der Waals surface area contributed by atoms with E-state index in [1.165, 1.54) is 6.20 Å². The first-order chi connectivity index (χ1) is 7.30. The molecule has 0 fully saturated rings. The lowest BCUT2D eigenvalue weighted by Gasteiger charge is -2.24. The van der Waals surface area contributed by atoms with Crippen molar-refractivity contribution >= 4 is 20.6 Å². The zero-order valence-electron chi connectivity index (χ0n) is 10.1. The minimum absolute atomic E-state index is 0.171. The van der Waals surface area contributed by atoms with Crippen LogP contribution in [0.5, 0.6) is 0 Å². The molecule has 5 heteroatoms. The molecule has 0 aromatic carbocycles. The summed E-state index contributed by atoms with van der Waals surface area (Å²) < 4.78 is 6.52. The number of pyridine rings is 1. The predicted molar refractivity (Wildman–Crippen MR) is 66.5 cm³/mol.